The summed E-state index contributed by atoms with van der Waals surface area (Å²) in [5, 5.41) is 3.30. The summed E-state index contributed by atoms with van der Waals surface area (Å²) < 4.78 is 10.3. The van der Waals surface area contributed by atoms with Crippen LogP contribution in [0.1, 0.15) is 18.5 Å². The van der Waals surface area contributed by atoms with Gasteiger partial charge in [-0.15, -0.1) is 0 Å². The zero-order valence-corrected chi connectivity index (χ0v) is 12.3. The number of benzene rings is 1. The summed E-state index contributed by atoms with van der Waals surface area (Å²) in [5.41, 5.74) is 0.925. The van der Waals surface area contributed by atoms with Crippen LogP contribution in [0.5, 0.6) is 5.75 Å². The molecular weight excluding hydrogens is 272 g/mol. The maximum Gasteiger partial charge on any atom is 0.255 e. The molecule has 6 nitrogen and oxygen atoms in total. The van der Waals surface area contributed by atoms with Crippen LogP contribution in [0.3, 0.4) is 0 Å². The molecule has 0 radical (unpaired) electrons. The third-order valence-electron chi connectivity index (χ3n) is 3.38. The molecule has 6 heteroatoms. The van der Waals surface area contributed by atoms with Crippen LogP contribution in [-0.4, -0.2) is 50.1 Å². The van der Waals surface area contributed by atoms with E-state index in [4.69, 9.17) is 9.47 Å². The van der Waals surface area contributed by atoms with Gasteiger partial charge in [-0.3, -0.25) is 14.5 Å². The molecule has 114 valence electrons. The fourth-order valence-corrected chi connectivity index (χ4v) is 2.38. The van der Waals surface area contributed by atoms with Gasteiger partial charge >= 0.3 is 0 Å². The third kappa shape index (κ3) is 3.59. The predicted octanol–water partition coefficient (Wildman–Crippen LogP) is 0.731. The van der Waals surface area contributed by atoms with E-state index in [1.54, 1.807) is 7.11 Å². The van der Waals surface area contributed by atoms with E-state index >= 15 is 0 Å². The largest absolute Gasteiger partial charge is 0.496 e. The van der Waals surface area contributed by atoms with E-state index in [1.165, 1.54) is 4.90 Å². The summed E-state index contributed by atoms with van der Waals surface area (Å²) in [6, 6.07) is 7.42. The van der Waals surface area contributed by atoms with E-state index < -0.39 is 0 Å². The van der Waals surface area contributed by atoms with Crippen molar-refractivity contribution in [3.8, 4) is 5.75 Å². The van der Waals surface area contributed by atoms with Gasteiger partial charge in [0, 0.05) is 12.1 Å². The number of carbonyl (C=O) groups excluding carboxylic acids is 2. The number of hydrogen-bond acceptors (Lipinski definition) is 5. The van der Waals surface area contributed by atoms with Gasteiger partial charge in [-0.25, -0.2) is 0 Å². The first-order valence-corrected chi connectivity index (χ1v) is 6.94. The molecule has 2 amide bonds. The summed E-state index contributed by atoms with van der Waals surface area (Å²) in [5.74, 6) is 0.129. The molecule has 1 saturated heterocycles. The van der Waals surface area contributed by atoms with Gasteiger partial charge < -0.3 is 14.8 Å². The average molecular weight is 292 g/mol. The lowest BCUT2D eigenvalue weighted by Crippen LogP contribution is -2.49. The van der Waals surface area contributed by atoms with Crippen LogP contribution < -0.4 is 10.1 Å². The molecule has 1 fully saturated rings. The molecule has 21 heavy (non-hydrogen) atoms. The second-order valence-corrected chi connectivity index (χ2v) is 4.74. The zero-order chi connectivity index (χ0) is 15.2. The van der Waals surface area contributed by atoms with E-state index in [-0.39, 0.29) is 37.6 Å². The van der Waals surface area contributed by atoms with Gasteiger partial charge in [0.2, 0.25) is 0 Å². The van der Waals surface area contributed by atoms with E-state index in [0.29, 0.717) is 0 Å². The normalized spacial score (nSPS) is 17.0. The number of morpholine rings is 1. The van der Waals surface area contributed by atoms with Crippen molar-refractivity contribution in [2.45, 2.75) is 13.0 Å². The number of para-hydroxylation sites is 1. The maximum atomic E-state index is 11.9. The van der Waals surface area contributed by atoms with E-state index in [2.05, 4.69) is 5.32 Å². The highest BCUT2D eigenvalue weighted by Crippen LogP contribution is 2.25. The van der Waals surface area contributed by atoms with Crippen molar-refractivity contribution in [1.29, 1.82) is 0 Å². The van der Waals surface area contributed by atoms with Crippen molar-refractivity contribution in [3.05, 3.63) is 29.8 Å². The lowest BCUT2D eigenvalue weighted by Gasteiger charge is -2.30. The summed E-state index contributed by atoms with van der Waals surface area (Å²) in [4.78, 5) is 25.0. The molecule has 0 saturated carbocycles. The van der Waals surface area contributed by atoms with Crippen molar-refractivity contribution in [2.75, 3.05) is 33.4 Å². The fourth-order valence-electron chi connectivity index (χ4n) is 2.38. The number of methoxy groups -OCH3 is 1. The number of ether oxygens (including phenoxy) is 2. The van der Waals surface area contributed by atoms with Crippen molar-refractivity contribution in [2.24, 2.45) is 0 Å². The molecule has 0 aliphatic carbocycles. The molecular formula is C15H20N2O4. The number of amides is 2. The van der Waals surface area contributed by atoms with Crippen LogP contribution in [-0.2, 0) is 14.3 Å². The van der Waals surface area contributed by atoms with Crippen LogP contribution in [0.4, 0.5) is 0 Å². The Morgan fingerprint density at radius 2 is 1.95 bits per heavy atom. The van der Waals surface area contributed by atoms with Crippen LogP contribution in [0.25, 0.3) is 0 Å². The van der Waals surface area contributed by atoms with Crippen molar-refractivity contribution in [3.63, 3.8) is 0 Å². The van der Waals surface area contributed by atoms with Gasteiger partial charge in [-0.1, -0.05) is 25.1 Å². The van der Waals surface area contributed by atoms with Gasteiger partial charge in [-0.05, 0) is 12.6 Å². The number of hydrogen-bond donors (Lipinski definition) is 1. The average Bonchev–Trinajstić information content (AvgIpc) is 2.50. The lowest BCUT2D eigenvalue weighted by atomic mass is 10.0. The van der Waals surface area contributed by atoms with Crippen molar-refractivity contribution in [1.82, 2.24) is 10.2 Å². The Labute approximate surface area is 124 Å². The first kappa shape index (κ1) is 15.5. The topological polar surface area (TPSA) is 67.9 Å². The third-order valence-corrected chi connectivity index (χ3v) is 3.38. The van der Waals surface area contributed by atoms with E-state index in [0.717, 1.165) is 17.9 Å². The van der Waals surface area contributed by atoms with E-state index in [1.807, 2.05) is 31.2 Å². The Bertz CT molecular complexity index is 502. The highest BCUT2D eigenvalue weighted by Gasteiger charge is 2.30. The number of rotatable bonds is 6. The molecule has 0 spiro atoms. The van der Waals surface area contributed by atoms with Gasteiger partial charge in [0.05, 0.1) is 13.2 Å². The minimum atomic E-state index is -0.302. The molecule has 2 rings (SSSR count). The van der Waals surface area contributed by atoms with E-state index in [9.17, 15) is 9.59 Å². The Balaban J connectivity index is 2.22. The molecule has 1 aromatic rings. The number of carbonyl (C=O) groups is 2. The Morgan fingerprint density at radius 1 is 1.29 bits per heavy atom. The minimum absolute atomic E-state index is 0.0451. The summed E-state index contributed by atoms with van der Waals surface area (Å²) >= 11 is 0. The highest BCUT2D eigenvalue weighted by molar-refractivity contribution is 5.98. The molecule has 1 aliphatic rings. The number of imide groups is 1. The second kappa shape index (κ2) is 7.19. The SMILES string of the molecule is CCNC(CN1C(=O)COCC1=O)c1ccccc1OC. The monoisotopic (exact) mass is 292 g/mol. The number of nitrogens with one attached hydrogen (secondary N) is 1. The molecule has 1 unspecified atom stereocenters. The Kier molecular flexibility index (Phi) is 5.30. The molecule has 1 heterocycles. The van der Waals surface area contributed by atoms with Crippen LogP contribution in [0.2, 0.25) is 0 Å². The lowest BCUT2D eigenvalue weighted by molar-refractivity contribution is -0.158. The first-order valence-electron chi connectivity index (χ1n) is 6.94. The second-order valence-electron chi connectivity index (χ2n) is 4.74. The van der Waals surface area contributed by atoms with Gasteiger partial charge in [0.25, 0.3) is 11.8 Å². The summed E-state index contributed by atoms with van der Waals surface area (Å²) in [6.45, 7) is 2.88. The van der Waals surface area contributed by atoms with Crippen molar-refractivity contribution < 1.29 is 19.1 Å². The molecule has 0 bridgehead atoms. The van der Waals surface area contributed by atoms with Gasteiger partial charge in [0.1, 0.15) is 19.0 Å². The minimum Gasteiger partial charge on any atom is -0.496 e. The summed E-state index contributed by atoms with van der Waals surface area (Å²) in [6.07, 6.45) is 0. The predicted molar refractivity (Wildman–Crippen MR) is 77.0 cm³/mol. The quantitative estimate of drug-likeness (QED) is 0.783. The summed E-state index contributed by atoms with van der Waals surface area (Å²) in [7, 11) is 1.60. The highest BCUT2D eigenvalue weighted by atomic mass is 16.5. The number of likely N-dealkylation sites (N-methyl/N-ethyl adjacent to an activating group) is 1. The first-order chi connectivity index (χ1) is 10.2. The maximum absolute atomic E-state index is 11.9. The smallest absolute Gasteiger partial charge is 0.255 e. The molecule has 1 aliphatic heterocycles. The Morgan fingerprint density at radius 3 is 2.57 bits per heavy atom. The fraction of sp³-hybridized carbons (Fsp3) is 0.467. The van der Waals surface area contributed by atoms with Crippen molar-refractivity contribution >= 4 is 11.8 Å². The Hall–Kier alpha value is -1.92. The molecule has 0 aromatic heterocycles. The standard InChI is InChI=1S/C15H20N2O4/c1-3-16-12(11-6-4-5-7-13(11)20-2)8-17-14(18)9-21-10-15(17)19/h4-7,12,16H,3,8-10H2,1-2H3. The molecule has 1 atom stereocenters. The van der Waals surface area contributed by atoms with Gasteiger partial charge in [-0.2, -0.15) is 0 Å². The molecule has 1 N–H and O–H groups in total. The molecule has 1 aromatic carbocycles. The number of nitrogens with zero attached hydrogens (tertiary/aromatic N) is 1. The van der Waals surface area contributed by atoms with Gasteiger partial charge in [0.15, 0.2) is 0 Å². The van der Waals surface area contributed by atoms with Crippen LogP contribution in [0, 0.1) is 0 Å². The zero-order valence-electron chi connectivity index (χ0n) is 12.3. The van der Waals surface area contributed by atoms with Crippen LogP contribution >= 0.6 is 0 Å². The van der Waals surface area contributed by atoms with Crippen LogP contribution in [0.15, 0.2) is 24.3 Å².